The maximum atomic E-state index is 11.2. The second-order valence-corrected chi connectivity index (χ2v) is 2.69. The molecule has 1 heterocycles. The quantitative estimate of drug-likeness (QED) is 0.708. The molecule has 1 amide bonds. The molecule has 5 heteroatoms. The minimum Gasteiger partial charge on any atom is -0.505 e. The Balaban J connectivity index is 2.71. The van der Waals surface area contributed by atoms with Crippen molar-refractivity contribution < 1.29 is 9.90 Å². The lowest BCUT2D eigenvalue weighted by atomic mass is 10.3. The number of carbonyl (C=O) groups is 1. The van der Waals surface area contributed by atoms with E-state index in [1.807, 2.05) is 0 Å². The summed E-state index contributed by atoms with van der Waals surface area (Å²) in [7, 11) is 0. The van der Waals surface area contributed by atoms with Gasteiger partial charge in [0.1, 0.15) is 5.75 Å². The first-order chi connectivity index (χ1) is 6.25. The van der Waals surface area contributed by atoms with Crippen molar-refractivity contribution in [2.75, 3.05) is 12.4 Å². The van der Waals surface area contributed by atoms with Crippen LogP contribution in [0.4, 0.5) is 0 Å². The molecule has 4 nitrogen and oxygen atoms in total. The molecule has 0 aliphatic carbocycles. The fourth-order valence-corrected chi connectivity index (χ4v) is 0.911. The van der Waals surface area contributed by atoms with Crippen LogP contribution in [0, 0.1) is 0 Å². The minimum atomic E-state index is -0.418. The molecular formula is C8H9ClN2O2. The summed E-state index contributed by atoms with van der Waals surface area (Å²) in [4.78, 5) is 15.0. The molecule has 0 aliphatic heterocycles. The van der Waals surface area contributed by atoms with E-state index in [9.17, 15) is 9.90 Å². The zero-order valence-electron chi connectivity index (χ0n) is 6.83. The number of nitrogens with one attached hydrogen (secondary N) is 1. The number of halogens is 1. The van der Waals surface area contributed by atoms with Gasteiger partial charge in [0.05, 0.1) is 0 Å². The molecule has 1 aromatic rings. The van der Waals surface area contributed by atoms with Crippen molar-refractivity contribution in [3.63, 3.8) is 0 Å². The normalized spacial score (nSPS) is 9.62. The highest BCUT2D eigenvalue weighted by Crippen LogP contribution is 2.11. The van der Waals surface area contributed by atoms with Gasteiger partial charge in [-0.05, 0) is 12.1 Å². The number of alkyl halides is 1. The largest absolute Gasteiger partial charge is 0.505 e. The van der Waals surface area contributed by atoms with Crippen molar-refractivity contribution in [1.82, 2.24) is 10.3 Å². The number of rotatable bonds is 3. The highest BCUT2D eigenvalue weighted by molar-refractivity contribution is 6.18. The summed E-state index contributed by atoms with van der Waals surface area (Å²) in [6.45, 7) is 0.358. The van der Waals surface area contributed by atoms with E-state index in [-0.39, 0.29) is 11.4 Å². The maximum absolute atomic E-state index is 11.2. The number of amides is 1. The second kappa shape index (κ2) is 4.67. The van der Waals surface area contributed by atoms with Gasteiger partial charge in [-0.1, -0.05) is 0 Å². The lowest BCUT2D eigenvalue weighted by molar-refractivity contribution is 0.0948. The number of nitrogens with zero attached hydrogens (tertiary/aromatic N) is 1. The molecule has 0 saturated carbocycles. The molecule has 0 unspecified atom stereocenters. The van der Waals surface area contributed by atoms with Crippen molar-refractivity contribution >= 4 is 17.5 Å². The molecule has 0 aliphatic rings. The van der Waals surface area contributed by atoms with Crippen LogP contribution in [0.5, 0.6) is 5.75 Å². The summed E-state index contributed by atoms with van der Waals surface area (Å²) >= 11 is 5.38. The standard InChI is InChI=1S/C8H9ClN2O2/c9-3-5-11-8(13)7-6(12)2-1-4-10-7/h1-2,4,12H,3,5H2,(H,11,13). The van der Waals surface area contributed by atoms with Gasteiger partial charge in [-0.3, -0.25) is 4.79 Å². The first-order valence-corrected chi connectivity index (χ1v) is 4.27. The molecule has 0 aromatic carbocycles. The molecular weight excluding hydrogens is 192 g/mol. The van der Waals surface area contributed by atoms with Crippen LogP contribution < -0.4 is 5.32 Å². The number of hydrogen-bond donors (Lipinski definition) is 2. The van der Waals surface area contributed by atoms with Crippen LogP contribution in [-0.4, -0.2) is 28.4 Å². The summed E-state index contributed by atoms with van der Waals surface area (Å²) in [5, 5.41) is 11.7. The van der Waals surface area contributed by atoms with Gasteiger partial charge < -0.3 is 10.4 Å². The molecule has 0 atom stereocenters. The Morgan fingerprint density at radius 2 is 2.46 bits per heavy atom. The van der Waals surface area contributed by atoms with E-state index in [1.165, 1.54) is 12.3 Å². The number of aromatic nitrogens is 1. The van der Waals surface area contributed by atoms with Crippen LogP contribution in [0.2, 0.25) is 0 Å². The van der Waals surface area contributed by atoms with Crippen LogP contribution >= 0.6 is 11.6 Å². The second-order valence-electron chi connectivity index (χ2n) is 2.32. The fourth-order valence-electron chi connectivity index (χ4n) is 0.816. The van der Waals surface area contributed by atoms with Gasteiger partial charge in [0.15, 0.2) is 5.69 Å². The average Bonchev–Trinajstić information content (AvgIpc) is 2.15. The molecule has 70 valence electrons. The average molecular weight is 201 g/mol. The van der Waals surface area contributed by atoms with Gasteiger partial charge >= 0.3 is 0 Å². The van der Waals surface area contributed by atoms with E-state index in [0.29, 0.717) is 12.4 Å². The molecule has 0 fully saturated rings. The lowest BCUT2D eigenvalue weighted by Gasteiger charge is -2.02. The molecule has 0 spiro atoms. The van der Waals surface area contributed by atoms with Gasteiger partial charge in [-0.25, -0.2) is 4.98 Å². The Labute approximate surface area is 80.6 Å². The van der Waals surface area contributed by atoms with Gasteiger partial charge in [-0.15, -0.1) is 11.6 Å². The number of aromatic hydroxyl groups is 1. The Hall–Kier alpha value is -1.29. The van der Waals surface area contributed by atoms with Crippen LogP contribution in [0.1, 0.15) is 10.5 Å². The van der Waals surface area contributed by atoms with Crippen molar-refractivity contribution in [3.8, 4) is 5.75 Å². The Morgan fingerprint density at radius 3 is 3.08 bits per heavy atom. The molecule has 1 rings (SSSR count). The van der Waals surface area contributed by atoms with E-state index in [4.69, 9.17) is 11.6 Å². The molecule has 13 heavy (non-hydrogen) atoms. The number of hydrogen-bond acceptors (Lipinski definition) is 3. The summed E-state index contributed by atoms with van der Waals surface area (Å²) < 4.78 is 0. The van der Waals surface area contributed by atoms with E-state index in [2.05, 4.69) is 10.3 Å². The van der Waals surface area contributed by atoms with Crippen molar-refractivity contribution in [2.45, 2.75) is 0 Å². The molecule has 0 saturated heterocycles. The summed E-state index contributed by atoms with van der Waals surface area (Å²) in [6, 6.07) is 2.95. The fraction of sp³-hybridized carbons (Fsp3) is 0.250. The monoisotopic (exact) mass is 200 g/mol. The molecule has 1 aromatic heterocycles. The van der Waals surface area contributed by atoms with Gasteiger partial charge in [0.25, 0.3) is 5.91 Å². The lowest BCUT2D eigenvalue weighted by Crippen LogP contribution is -2.26. The predicted octanol–water partition coefficient (Wildman–Crippen LogP) is 0.756. The number of carbonyl (C=O) groups excluding carboxylic acids is 1. The highest BCUT2D eigenvalue weighted by Gasteiger charge is 2.10. The first-order valence-electron chi connectivity index (χ1n) is 3.74. The molecule has 0 radical (unpaired) electrons. The third-order valence-electron chi connectivity index (χ3n) is 1.38. The SMILES string of the molecule is O=C(NCCCl)c1ncccc1O. The van der Waals surface area contributed by atoms with E-state index < -0.39 is 5.91 Å². The third-order valence-corrected chi connectivity index (χ3v) is 1.57. The van der Waals surface area contributed by atoms with Crippen LogP contribution in [0.3, 0.4) is 0 Å². The summed E-state index contributed by atoms with van der Waals surface area (Å²) in [6.07, 6.45) is 1.44. The highest BCUT2D eigenvalue weighted by atomic mass is 35.5. The number of pyridine rings is 1. The van der Waals surface area contributed by atoms with Gasteiger partial charge in [0, 0.05) is 18.6 Å². The minimum absolute atomic E-state index is 0.0209. The predicted molar refractivity (Wildman–Crippen MR) is 49.0 cm³/mol. The Morgan fingerprint density at radius 1 is 1.69 bits per heavy atom. The van der Waals surface area contributed by atoms with Crippen molar-refractivity contribution in [2.24, 2.45) is 0 Å². The zero-order chi connectivity index (χ0) is 9.68. The van der Waals surface area contributed by atoms with Crippen LogP contribution in [0.15, 0.2) is 18.3 Å². The van der Waals surface area contributed by atoms with Crippen LogP contribution in [-0.2, 0) is 0 Å². The Bertz CT molecular complexity index is 304. The van der Waals surface area contributed by atoms with E-state index in [1.54, 1.807) is 6.07 Å². The van der Waals surface area contributed by atoms with E-state index in [0.717, 1.165) is 0 Å². The van der Waals surface area contributed by atoms with Gasteiger partial charge in [0.2, 0.25) is 0 Å². The molecule has 2 N–H and O–H groups in total. The topological polar surface area (TPSA) is 62.2 Å². The van der Waals surface area contributed by atoms with E-state index >= 15 is 0 Å². The van der Waals surface area contributed by atoms with Crippen molar-refractivity contribution in [1.29, 1.82) is 0 Å². The summed E-state index contributed by atoms with van der Waals surface area (Å²) in [5.74, 6) is -0.215. The maximum Gasteiger partial charge on any atom is 0.273 e. The van der Waals surface area contributed by atoms with Crippen LogP contribution in [0.25, 0.3) is 0 Å². The van der Waals surface area contributed by atoms with Crippen molar-refractivity contribution in [3.05, 3.63) is 24.0 Å². The van der Waals surface area contributed by atoms with Gasteiger partial charge in [-0.2, -0.15) is 0 Å². The third kappa shape index (κ3) is 2.59. The first kappa shape index (κ1) is 9.80. The smallest absolute Gasteiger partial charge is 0.273 e. The zero-order valence-corrected chi connectivity index (χ0v) is 7.58. The Kier molecular flexibility index (Phi) is 3.52. The summed E-state index contributed by atoms with van der Waals surface area (Å²) in [5.41, 5.74) is 0.0209. The molecule has 0 bridgehead atoms.